The van der Waals surface area contributed by atoms with E-state index in [4.69, 9.17) is 37.4 Å². The minimum atomic E-state index is -0.938. The minimum absolute atomic E-state index is 0.0762. The van der Waals surface area contributed by atoms with Crippen molar-refractivity contribution in [3.63, 3.8) is 0 Å². The van der Waals surface area contributed by atoms with E-state index in [-0.39, 0.29) is 10.4 Å². The Kier molecular flexibility index (Phi) is 5.65. The minimum Gasteiger partial charge on any atom is -0.465 e. The Hall–Kier alpha value is -3.01. The second-order valence-electron chi connectivity index (χ2n) is 6.70. The Balaban J connectivity index is 1.82. The van der Waals surface area contributed by atoms with E-state index >= 15 is 0 Å². The first-order chi connectivity index (χ1) is 14.8. The maximum Gasteiger partial charge on any atom is 0.338 e. The number of nitrogens with zero attached hydrogens (tertiary/aromatic N) is 4. The van der Waals surface area contributed by atoms with Crippen molar-refractivity contribution in [2.75, 3.05) is 7.11 Å². The predicted octanol–water partition coefficient (Wildman–Crippen LogP) is 3.68. The standard InChI is InChI=1S/C20H16Cl2N4O5/c1-9-14(11-6-4-5-7-12(11)19(28)29-3)31-18(15(9)30-10(2)27)26-17-13(8-23-26)16(21)24-20(22)25-17/h4-8,14-15,18H,1H2,2-3H3/t14-,15-,18?/m1/s1. The van der Waals surface area contributed by atoms with Gasteiger partial charge in [0, 0.05) is 12.5 Å². The largest absolute Gasteiger partial charge is 0.465 e. The van der Waals surface area contributed by atoms with Crippen LogP contribution in [0.2, 0.25) is 10.4 Å². The Morgan fingerprint density at radius 3 is 2.68 bits per heavy atom. The molecule has 0 spiro atoms. The molecule has 3 aromatic rings. The molecule has 3 heterocycles. The molecule has 31 heavy (non-hydrogen) atoms. The van der Waals surface area contributed by atoms with E-state index in [9.17, 15) is 9.59 Å². The number of rotatable bonds is 4. The molecule has 4 rings (SSSR count). The van der Waals surface area contributed by atoms with Crippen LogP contribution in [-0.4, -0.2) is 44.9 Å². The zero-order chi connectivity index (χ0) is 22.3. The SMILES string of the molecule is C=C1[C@H](c2ccccc2C(=O)OC)OC(n2ncc3c(Cl)nc(Cl)nc32)[C@@H]1OC(C)=O. The lowest BCUT2D eigenvalue weighted by Crippen LogP contribution is -2.26. The number of benzene rings is 1. The molecular formula is C20H16Cl2N4O5. The number of halogens is 2. The van der Waals surface area contributed by atoms with Crippen LogP contribution in [0.25, 0.3) is 11.0 Å². The number of hydrogen-bond acceptors (Lipinski definition) is 8. The van der Waals surface area contributed by atoms with Gasteiger partial charge in [0.1, 0.15) is 11.3 Å². The topological polar surface area (TPSA) is 105 Å². The van der Waals surface area contributed by atoms with Gasteiger partial charge in [0.15, 0.2) is 18.0 Å². The number of esters is 2. The first-order valence-corrected chi connectivity index (χ1v) is 9.82. The van der Waals surface area contributed by atoms with Crippen molar-refractivity contribution in [2.24, 2.45) is 0 Å². The first-order valence-electron chi connectivity index (χ1n) is 9.06. The second-order valence-corrected chi connectivity index (χ2v) is 7.40. The zero-order valence-corrected chi connectivity index (χ0v) is 17.9. The number of fused-ring (bicyclic) bond motifs is 1. The highest BCUT2D eigenvalue weighted by molar-refractivity contribution is 6.35. The van der Waals surface area contributed by atoms with E-state index in [1.54, 1.807) is 24.3 Å². The molecule has 0 amide bonds. The van der Waals surface area contributed by atoms with Gasteiger partial charge in [-0.3, -0.25) is 4.79 Å². The predicted molar refractivity (Wildman–Crippen MR) is 111 cm³/mol. The molecule has 0 aliphatic carbocycles. The average Bonchev–Trinajstić information content (AvgIpc) is 3.29. The maximum absolute atomic E-state index is 12.3. The molecule has 0 radical (unpaired) electrons. The van der Waals surface area contributed by atoms with Crippen LogP contribution in [0.3, 0.4) is 0 Å². The third kappa shape index (κ3) is 3.76. The fourth-order valence-electron chi connectivity index (χ4n) is 3.48. The van der Waals surface area contributed by atoms with Gasteiger partial charge in [0.05, 0.1) is 24.3 Å². The molecule has 2 aromatic heterocycles. The summed E-state index contributed by atoms with van der Waals surface area (Å²) < 4.78 is 18.0. The van der Waals surface area contributed by atoms with Crippen LogP contribution >= 0.6 is 23.2 Å². The number of carbonyl (C=O) groups excluding carboxylic acids is 2. The van der Waals surface area contributed by atoms with Crippen LogP contribution in [0.5, 0.6) is 0 Å². The Labute approximate surface area is 186 Å². The zero-order valence-electron chi connectivity index (χ0n) is 16.4. The van der Waals surface area contributed by atoms with Gasteiger partial charge in [0.25, 0.3) is 0 Å². The molecule has 1 saturated heterocycles. The second kappa shape index (κ2) is 8.26. The molecule has 0 saturated carbocycles. The van der Waals surface area contributed by atoms with Crippen molar-refractivity contribution >= 4 is 46.2 Å². The van der Waals surface area contributed by atoms with Crippen LogP contribution < -0.4 is 0 Å². The van der Waals surface area contributed by atoms with E-state index < -0.39 is 30.4 Å². The summed E-state index contributed by atoms with van der Waals surface area (Å²) in [5, 5.41) is 4.78. The normalized spacial score (nSPS) is 20.8. The lowest BCUT2D eigenvalue weighted by Gasteiger charge is -2.19. The monoisotopic (exact) mass is 462 g/mol. The lowest BCUT2D eigenvalue weighted by molar-refractivity contribution is -0.151. The van der Waals surface area contributed by atoms with Gasteiger partial charge in [-0.05, 0) is 23.2 Å². The highest BCUT2D eigenvalue weighted by Crippen LogP contribution is 2.45. The van der Waals surface area contributed by atoms with Gasteiger partial charge in [-0.25, -0.2) is 14.5 Å². The maximum atomic E-state index is 12.3. The van der Waals surface area contributed by atoms with Gasteiger partial charge in [-0.1, -0.05) is 36.4 Å². The fourth-order valence-corrected chi connectivity index (χ4v) is 3.90. The molecule has 0 bridgehead atoms. The van der Waals surface area contributed by atoms with Gasteiger partial charge < -0.3 is 14.2 Å². The highest BCUT2D eigenvalue weighted by Gasteiger charge is 2.45. The summed E-state index contributed by atoms with van der Waals surface area (Å²) in [4.78, 5) is 32.1. The third-order valence-electron chi connectivity index (χ3n) is 4.80. The fraction of sp³-hybridized carbons (Fsp3) is 0.250. The summed E-state index contributed by atoms with van der Waals surface area (Å²) >= 11 is 12.1. The molecule has 1 aliphatic heterocycles. The quantitative estimate of drug-likeness (QED) is 0.250. The van der Waals surface area contributed by atoms with Crippen molar-refractivity contribution in [2.45, 2.75) is 25.4 Å². The highest BCUT2D eigenvalue weighted by atomic mass is 35.5. The summed E-state index contributed by atoms with van der Waals surface area (Å²) in [6, 6.07) is 6.79. The van der Waals surface area contributed by atoms with E-state index in [0.717, 1.165) is 0 Å². The molecule has 1 aliphatic rings. The molecule has 9 nitrogen and oxygen atoms in total. The van der Waals surface area contributed by atoms with Gasteiger partial charge in [-0.2, -0.15) is 10.1 Å². The summed E-state index contributed by atoms with van der Waals surface area (Å²) in [7, 11) is 1.29. The van der Waals surface area contributed by atoms with E-state index in [1.807, 2.05) is 0 Å². The van der Waals surface area contributed by atoms with Crippen LogP contribution in [-0.2, 0) is 19.0 Å². The van der Waals surface area contributed by atoms with Crippen LogP contribution in [0, 0.1) is 0 Å². The molecule has 11 heteroatoms. The number of ether oxygens (including phenoxy) is 3. The lowest BCUT2D eigenvalue weighted by atomic mass is 9.96. The van der Waals surface area contributed by atoms with Crippen molar-refractivity contribution in [3.05, 3.63) is 64.2 Å². The smallest absolute Gasteiger partial charge is 0.338 e. The van der Waals surface area contributed by atoms with Gasteiger partial charge in [-0.15, -0.1) is 0 Å². The summed E-state index contributed by atoms with van der Waals surface area (Å²) in [6.45, 7) is 5.34. The average molecular weight is 463 g/mol. The summed E-state index contributed by atoms with van der Waals surface area (Å²) in [5.41, 5.74) is 1.53. The molecule has 1 unspecified atom stereocenters. The van der Waals surface area contributed by atoms with Crippen molar-refractivity contribution in [1.82, 2.24) is 19.7 Å². The number of aromatic nitrogens is 4. The molecule has 0 N–H and O–H groups in total. The van der Waals surface area contributed by atoms with E-state index in [0.29, 0.717) is 27.7 Å². The Morgan fingerprint density at radius 1 is 1.23 bits per heavy atom. The van der Waals surface area contributed by atoms with Crippen molar-refractivity contribution in [3.8, 4) is 0 Å². The number of methoxy groups -OCH3 is 1. The van der Waals surface area contributed by atoms with E-state index in [2.05, 4.69) is 21.6 Å². The van der Waals surface area contributed by atoms with Crippen LogP contribution in [0.1, 0.15) is 35.2 Å². The van der Waals surface area contributed by atoms with E-state index in [1.165, 1.54) is 24.9 Å². The van der Waals surface area contributed by atoms with Crippen molar-refractivity contribution < 1.29 is 23.8 Å². The molecule has 160 valence electrons. The Morgan fingerprint density at radius 2 is 1.97 bits per heavy atom. The molecule has 1 fully saturated rings. The molecule has 3 atom stereocenters. The summed E-state index contributed by atoms with van der Waals surface area (Å²) in [6.07, 6.45) is -1.17. The van der Waals surface area contributed by atoms with Crippen LogP contribution in [0.15, 0.2) is 42.6 Å². The number of carbonyl (C=O) groups is 2. The van der Waals surface area contributed by atoms with Gasteiger partial charge in [0.2, 0.25) is 5.28 Å². The molecular weight excluding hydrogens is 447 g/mol. The molecule has 1 aromatic carbocycles. The summed E-state index contributed by atoms with van der Waals surface area (Å²) in [5.74, 6) is -1.07. The van der Waals surface area contributed by atoms with Crippen molar-refractivity contribution in [1.29, 1.82) is 0 Å². The van der Waals surface area contributed by atoms with Crippen LogP contribution in [0.4, 0.5) is 0 Å². The van der Waals surface area contributed by atoms with Gasteiger partial charge >= 0.3 is 11.9 Å². The third-order valence-corrected chi connectivity index (χ3v) is 5.26. The Bertz CT molecular complexity index is 1210. The number of hydrogen-bond donors (Lipinski definition) is 0. The first kappa shape index (κ1) is 21.2.